The van der Waals surface area contributed by atoms with Crippen molar-refractivity contribution >= 4 is 182 Å². The molecule has 0 aliphatic heterocycles. The topological polar surface area (TPSA) is 324 Å². The number of halogens is 6. The molecular weight excluding hydrogens is 1580 g/mol. The zero-order valence-corrected chi connectivity index (χ0v) is 50.4. The number of aliphatic hydroxyl groups excluding tert-OH is 9. The van der Waals surface area contributed by atoms with E-state index in [1.807, 2.05) is 0 Å². The van der Waals surface area contributed by atoms with Gasteiger partial charge in [-0.15, -0.1) is 0 Å². The largest absolute Gasteiger partial charge is 0.394 e. The van der Waals surface area contributed by atoms with Gasteiger partial charge in [0.25, 0.3) is 23.6 Å². The zero-order chi connectivity index (χ0) is 52.4. The summed E-state index contributed by atoms with van der Waals surface area (Å²) in [6.07, 6.45) is -5.41. The minimum Gasteiger partial charge on any atom is -0.394 e. The summed E-state index contributed by atoms with van der Waals surface area (Å²) in [7, 11) is 5.33. The van der Waals surface area contributed by atoms with Crippen LogP contribution in [0.3, 0.4) is 0 Å². The first-order valence-electron chi connectivity index (χ1n) is 20.0. The molecule has 0 aliphatic carbocycles. The summed E-state index contributed by atoms with van der Waals surface area (Å²) >= 11 is 10.7. The van der Waals surface area contributed by atoms with Gasteiger partial charge in [0.05, 0.1) is 118 Å². The van der Waals surface area contributed by atoms with E-state index in [1.165, 1.54) is 28.2 Å². The van der Waals surface area contributed by atoms with Crippen LogP contribution in [0.4, 0.5) is 11.4 Å². The minimum absolute atomic E-state index is 0.0687. The Hall–Kier alpha value is -0.760. The van der Waals surface area contributed by atoms with E-state index in [1.54, 1.807) is 136 Å². The molecule has 4 unspecified atom stereocenters. The summed E-state index contributed by atoms with van der Waals surface area (Å²) in [6, 6.07) is 0. The highest BCUT2D eigenvalue weighted by Crippen LogP contribution is 2.42. The van der Waals surface area contributed by atoms with Gasteiger partial charge in [-0.2, -0.15) is 0 Å². The predicted octanol–water partition coefficient (Wildman–Crippen LogP) is -0.856. The Balaban J connectivity index is 3.08. The van der Waals surface area contributed by atoms with Gasteiger partial charge in [-0.25, -0.2) is 0 Å². The predicted molar refractivity (Wildman–Crippen MR) is 297 cm³/mol. The summed E-state index contributed by atoms with van der Waals surface area (Å²) < 4.78 is 0.443. The van der Waals surface area contributed by atoms with Crippen molar-refractivity contribution in [3.05, 3.63) is 43.7 Å². The zero-order valence-electron chi connectivity index (χ0n) is 37.5. The third-order valence-corrected chi connectivity index (χ3v) is 16.5. The molecule has 10 N–H and O–H groups in total. The van der Waals surface area contributed by atoms with E-state index < -0.39 is 112 Å². The second kappa shape index (κ2) is 28.1. The van der Waals surface area contributed by atoms with Gasteiger partial charge >= 0.3 is 0 Å². The lowest BCUT2D eigenvalue weighted by molar-refractivity contribution is -0.118. The molecule has 2 aromatic rings. The number of anilines is 2. The van der Waals surface area contributed by atoms with E-state index in [0.717, 1.165) is 43.2 Å². The van der Waals surface area contributed by atoms with Crippen molar-refractivity contribution < 1.29 is 79.8 Å². The van der Waals surface area contributed by atoms with Crippen LogP contribution in [0, 0.1) is 21.4 Å². The van der Waals surface area contributed by atoms with Crippen molar-refractivity contribution in [2.45, 2.75) is 43.9 Å². The Bertz CT molecular complexity index is 1950. The average molecular weight is 1640 g/mol. The van der Waals surface area contributed by atoms with Crippen molar-refractivity contribution in [1.82, 2.24) is 19.6 Å². The number of benzene rings is 2. The van der Waals surface area contributed by atoms with E-state index in [-0.39, 0.29) is 81.2 Å². The molecule has 0 heterocycles. The maximum absolute atomic E-state index is 14.2. The van der Waals surface area contributed by atoms with Crippen LogP contribution in [-0.2, 0) is 9.59 Å². The second-order valence-corrected chi connectivity index (χ2v) is 22.2. The Morgan fingerprint density at radius 3 is 0.809 bits per heavy atom. The van der Waals surface area contributed by atoms with Crippen LogP contribution < -0.4 is 9.80 Å². The van der Waals surface area contributed by atoms with E-state index in [0.29, 0.717) is 0 Å². The van der Waals surface area contributed by atoms with Gasteiger partial charge in [-0.3, -0.25) is 28.8 Å². The van der Waals surface area contributed by atoms with Gasteiger partial charge in [0, 0.05) is 75.4 Å². The van der Waals surface area contributed by atoms with Gasteiger partial charge in [0.15, 0.2) is 0 Å². The lowest BCUT2D eigenvalue weighted by atomic mass is 9.99. The molecule has 4 atom stereocenters. The van der Waals surface area contributed by atoms with Crippen molar-refractivity contribution in [3.8, 4) is 0 Å². The molecule has 2 aromatic carbocycles. The lowest BCUT2D eigenvalue weighted by Gasteiger charge is -2.38. The van der Waals surface area contributed by atoms with Crippen LogP contribution in [0.1, 0.15) is 55.3 Å². The third kappa shape index (κ3) is 15.4. The Kier molecular flexibility index (Phi) is 26.1. The molecule has 28 heteroatoms. The fraction of sp³-hybridized carbons (Fsp3) is 0.550. The molecule has 0 aromatic heterocycles. The number of carbonyl (C=O) groups excluding carboxylic acids is 6. The number of rotatable bonds is 23. The molecule has 6 amide bonds. The Morgan fingerprint density at radius 1 is 0.441 bits per heavy atom. The summed E-state index contributed by atoms with van der Waals surface area (Å²) in [6.45, 7) is -4.73. The van der Waals surface area contributed by atoms with Crippen molar-refractivity contribution in [2.75, 3.05) is 110 Å². The summed E-state index contributed by atoms with van der Waals surface area (Å²) in [5, 5.41) is 102. The van der Waals surface area contributed by atoms with Gasteiger partial charge in [-0.05, 0) is 136 Å². The molecule has 0 bridgehead atoms. The molecule has 0 aliphatic rings. The normalized spacial score (nSPS) is 14.0. The lowest BCUT2D eigenvalue weighted by Crippen LogP contribution is -2.56. The first kappa shape index (κ1) is 63.4. The molecule has 382 valence electrons. The standard InChI is InChI=1S/C40H54I6N6O16/c1-18(58)51(34-30(43)24(36(64)47(3)7-20(60)11-53)28(41)25(31(34)44)37(65)48(4)8-21(61)12-54)15-40(68,17-57)16-52(19(2)59)35-32(45)26(38(66)49(5)9-22(62)13-55)29(42)27(33(35)46)39(67)50(6)10-23(63)14-56/h20-23,53-57,60-63,68H,7-17H2,1-6H3. The van der Waals surface area contributed by atoms with E-state index in [4.69, 9.17) is 0 Å². The van der Waals surface area contributed by atoms with Gasteiger partial charge < -0.3 is 80.5 Å². The molecule has 0 radical (unpaired) electrons. The quantitative estimate of drug-likeness (QED) is 0.0606. The van der Waals surface area contributed by atoms with Gasteiger partial charge in [-0.1, -0.05) is 0 Å². The number of hydrogen-bond donors (Lipinski definition) is 10. The van der Waals surface area contributed by atoms with Crippen LogP contribution in [0.2, 0.25) is 0 Å². The maximum atomic E-state index is 14.2. The summed E-state index contributed by atoms with van der Waals surface area (Å²) in [5.41, 5.74) is -3.23. The molecule has 0 saturated heterocycles. The SMILES string of the molecule is CC(=O)N(CC(O)(CO)CN(C(C)=O)c1c(I)c(C(=O)N(C)CC(O)CO)c(I)c(C(=O)N(C)CC(O)CO)c1I)c1c(I)c(C(=O)N(C)CC(O)CO)c(I)c(C(=O)N(C)CC(O)CO)c1I. The highest BCUT2D eigenvalue weighted by atomic mass is 127. The monoisotopic (exact) mass is 1640 g/mol. The number of nitrogens with zero attached hydrogens (tertiary/aromatic N) is 6. The molecular formula is C40H54I6N6O16. The molecule has 22 nitrogen and oxygen atoms in total. The van der Waals surface area contributed by atoms with Crippen LogP contribution in [-0.4, -0.2) is 237 Å². The second-order valence-electron chi connectivity index (χ2n) is 15.8. The van der Waals surface area contributed by atoms with E-state index in [9.17, 15) is 79.8 Å². The summed E-state index contributed by atoms with van der Waals surface area (Å²) in [4.78, 5) is 91.0. The van der Waals surface area contributed by atoms with Crippen LogP contribution in [0.5, 0.6) is 0 Å². The smallest absolute Gasteiger partial charge is 0.255 e. The maximum Gasteiger partial charge on any atom is 0.255 e. The number of amides is 6. The number of likely N-dealkylation sites (N-methyl/N-ethyl adjacent to an activating group) is 4. The first-order chi connectivity index (χ1) is 31.5. The molecule has 0 spiro atoms. The van der Waals surface area contributed by atoms with Crippen molar-refractivity contribution in [1.29, 1.82) is 0 Å². The van der Waals surface area contributed by atoms with E-state index in [2.05, 4.69) is 0 Å². The molecule has 0 saturated carbocycles. The fourth-order valence-corrected chi connectivity index (χ4v) is 15.9. The summed E-state index contributed by atoms with van der Waals surface area (Å²) in [5.74, 6) is -4.60. The average Bonchev–Trinajstić information content (AvgIpc) is 3.27. The van der Waals surface area contributed by atoms with Crippen molar-refractivity contribution in [3.63, 3.8) is 0 Å². The van der Waals surface area contributed by atoms with Crippen LogP contribution in [0.25, 0.3) is 0 Å². The van der Waals surface area contributed by atoms with E-state index >= 15 is 0 Å². The number of carbonyl (C=O) groups is 6. The number of aliphatic hydroxyl groups is 10. The molecule has 68 heavy (non-hydrogen) atoms. The minimum atomic E-state index is -2.49. The fourth-order valence-electron chi connectivity index (χ4n) is 6.55. The Labute approximate surface area is 474 Å². The van der Waals surface area contributed by atoms with Crippen LogP contribution in [0.15, 0.2) is 0 Å². The molecule has 0 fully saturated rings. The molecule has 2 rings (SSSR count). The van der Waals surface area contributed by atoms with Gasteiger partial charge in [0.2, 0.25) is 11.8 Å². The van der Waals surface area contributed by atoms with Gasteiger partial charge in [0.1, 0.15) is 5.60 Å². The van der Waals surface area contributed by atoms with Crippen molar-refractivity contribution in [2.24, 2.45) is 0 Å². The van der Waals surface area contributed by atoms with Crippen LogP contribution >= 0.6 is 136 Å². The third-order valence-electron chi connectivity index (χ3n) is 10.1. The highest BCUT2D eigenvalue weighted by molar-refractivity contribution is 14.1. The first-order valence-corrected chi connectivity index (χ1v) is 26.5. The number of hydrogen-bond acceptors (Lipinski definition) is 16. The Morgan fingerprint density at radius 2 is 0.647 bits per heavy atom. The highest BCUT2D eigenvalue weighted by Gasteiger charge is 2.41.